The molecule has 0 amide bonds. The standard InChI is InChI=1S/C24H19ClN6OS/c1-15(32)10-19-11-17(6-7-27-19)21-12-20(23(33-21)24-28-13-29-30-24)22(31-9-8-26-14-31)16-2-4-18(25)5-3-16/h2-9,11-14,22H,10H2,1H3,(H,28,29,30). The van der Waals surface area contributed by atoms with E-state index < -0.39 is 0 Å². The van der Waals surface area contributed by atoms with Gasteiger partial charge in [0, 0.05) is 46.2 Å². The van der Waals surface area contributed by atoms with Crippen LogP contribution in [0.5, 0.6) is 0 Å². The maximum absolute atomic E-state index is 11.6. The number of benzene rings is 1. The number of rotatable bonds is 7. The molecule has 0 aliphatic carbocycles. The van der Waals surface area contributed by atoms with Gasteiger partial charge in [-0.05, 0) is 48.4 Å². The summed E-state index contributed by atoms with van der Waals surface area (Å²) in [5.74, 6) is 0.773. The predicted octanol–water partition coefficient (Wildman–Crippen LogP) is 5.21. The van der Waals surface area contributed by atoms with Crippen LogP contribution in [0.2, 0.25) is 5.02 Å². The van der Waals surface area contributed by atoms with Gasteiger partial charge in [0.2, 0.25) is 0 Å². The molecular formula is C24H19ClN6OS. The van der Waals surface area contributed by atoms with E-state index >= 15 is 0 Å². The predicted molar refractivity (Wildman–Crippen MR) is 128 cm³/mol. The van der Waals surface area contributed by atoms with Crippen molar-refractivity contribution in [2.45, 2.75) is 19.4 Å². The first kappa shape index (κ1) is 21.2. The highest BCUT2D eigenvalue weighted by atomic mass is 35.5. The number of aromatic amines is 1. The van der Waals surface area contributed by atoms with Gasteiger partial charge < -0.3 is 4.57 Å². The van der Waals surface area contributed by atoms with Gasteiger partial charge in [-0.15, -0.1) is 11.3 Å². The lowest BCUT2D eigenvalue weighted by Gasteiger charge is -2.19. The first-order chi connectivity index (χ1) is 16.1. The smallest absolute Gasteiger partial charge is 0.165 e. The number of hydrogen-bond acceptors (Lipinski definition) is 6. The fourth-order valence-corrected chi connectivity index (χ4v) is 5.07. The van der Waals surface area contributed by atoms with E-state index in [0.29, 0.717) is 17.3 Å². The van der Waals surface area contributed by atoms with E-state index in [2.05, 4.69) is 35.8 Å². The molecule has 1 unspecified atom stereocenters. The number of H-pyrrole nitrogens is 1. The summed E-state index contributed by atoms with van der Waals surface area (Å²) in [6.07, 6.45) is 9.07. The maximum atomic E-state index is 11.6. The van der Waals surface area contributed by atoms with Crippen LogP contribution in [0.3, 0.4) is 0 Å². The number of pyridine rings is 1. The van der Waals surface area contributed by atoms with Crippen LogP contribution in [-0.4, -0.2) is 35.5 Å². The van der Waals surface area contributed by atoms with Crippen molar-refractivity contribution in [3.63, 3.8) is 0 Å². The van der Waals surface area contributed by atoms with Gasteiger partial charge >= 0.3 is 0 Å². The first-order valence-corrected chi connectivity index (χ1v) is 11.4. The average molecular weight is 475 g/mol. The molecule has 5 rings (SSSR count). The van der Waals surface area contributed by atoms with Crippen LogP contribution in [0.1, 0.15) is 29.8 Å². The molecule has 1 N–H and O–H groups in total. The lowest BCUT2D eigenvalue weighted by Crippen LogP contribution is -2.11. The van der Waals surface area contributed by atoms with Gasteiger partial charge in [0.15, 0.2) is 5.82 Å². The van der Waals surface area contributed by atoms with Crippen molar-refractivity contribution in [1.29, 1.82) is 0 Å². The third-order valence-corrected chi connectivity index (χ3v) is 6.68. The van der Waals surface area contributed by atoms with Gasteiger partial charge in [-0.1, -0.05) is 23.7 Å². The van der Waals surface area contributed by atoms with E-state index in [-0.39, 0.29) is 11.8 Å². The molecule has 4 heterocycles. The molecule has 0 saturated heterocycles. The second-order valence-electron chi connectivity index (χ2n) is 7.61. The van der Waals surface area contributed by atoms with E-state index in [4.69, 9.17) is 11.6 Å². The highest BCUT2D eigenvalue weighted by molar-refractivity contribution is 7.19. The lowest BCUT2D eigenvalue weighted by atomic mass is 9.97. The van der Waals surface area contributed by atoms with Gasteiger partial charge in [0.25, 0.3) is 0 Å². The van der Waals surface area contributed by atoms with Crippen LogP contribution in [0, 0.1) is 0 Å². The first-order valence-electron chi connectivity index (χ1n) is 10.3. The van der Waals surface area contributed by atoms with Crippen molar-refractivity contribution in [3.8, 4) is 21.1 Å². The molecular weight excluding hydrogens is 456 g/mol. The normalized spacial score (nSPS) is 12.1. The Kier molecular flexibility index (Phi) is 5.85. The fraction of sp³-hybridized carbons (Fsp3) is 0.125. The van der Waals surface area contributed by atoms with E-state index in [1.54, 1.807) is 37.0 Å². The van der Waals surface area contributed by atoms with Crippen LogP contribution in [0.25, 0.3) is 21.1 Å². The Labute approximate surface area is 199 Å². The van der Waals surface area contributed by atoms with Gasteiger partial charge in [-0.25, -0.2) is 9.97 Å². The number of Topliss-reactive ketones (excluding diaryl/α,β-unsaturated/α-hetero) is 1. The molecule has 0 fully saturated rings. The summed E-state index contributed by atoms with van der Waals surface area (Å²) in [5.41, 5.74) is 3.87. The van der Waals surface area contributed by atoms with Crippen LogP contribution in [0.4, 0.5) is 0 Å². The number of nitrogens with zero attached hydrogens (tertiary/aromatic N) is 5. The number of aromatic nitrogens is 6. The number of imidazole rings is 1. The number of hydrogen-bond donors (Lipinski definition) is 1. The topological polar surface area (TPSA) is 89.4 Å². The van der Waals surface area contributed by atoms with Crippen molar-refractivity contribution in [2.75, 3.05) is 0 Å². The molecule has 33 heavy (non-hydrogen) atoms. The highest BCUT2D eigenvalue weighted by Crippen LogP contribution is 2.43. The van der Waals surface area contributed by atoms with Crippen LogP contribution < -0.4 is 0 Å². The summed E-state index contributed by atoms with van der Waals surface area (Å²) in [7, 11) is 0. The number of carbonyl (C=O) groups excluding carboxylic acids is 1. The monoisotopic (exact) mass is 474 g/mol. The van der Waals surface area contributed by atoms with E-state index in [9.17, 15) is 4.79 Å². The van der Waals surface area contributed by atoms with Crippen molar-refractivity contribution < 1.29 is 4.79 Å². The van der Waals surface area contributed by atoms with E-state index in [1.165, 1.54) is 6.33 Å². The number of halogens is 1. The Morgan fingerprint density at radius 2 is 2.00 bits per heavy atom. The van der Waals surface area contributed by atoms with Gasteiger partial charge in [0.1, 0.15) is 12.1 Å². The third kappa shape index (κ3) is 4.48. The molecule has 0 spiro atoms. The molecule has 0 radical (unpaired) electrons. The Morgan fingerprint density at radius 1 is 1.15 bits per heavy atom. The zero-order chi connectivity index (χ0) is 22.8. The molecule has 1 atom stereocenters. The molecule has 7 nitrogen and oxygen atoms in total. The summed E-state index contributed by atoms with van der Waals surface area (Å²) < 4.78 is 2.06. The Hall–Kier alpha value is -3.62. The zero-order valence-electron chi connectivity index (χ0n) is 17.6. The summed E-state index contributed by atoms with van der Waals surface area (Å²) in [5, 5.41) is 7.74. The van der Waals surface area contributed by atoms with Crippen molar-refractivity contribution in [1.82, 2.24) is 29.7 Å². The summed E-state index contributed by atoms with van der Waals surface area (Å²) >= 11 is 7.78. The second-order valence-corrected chi connectivity index (χ2v) is 9.10. The molecule has 164 valence electrons. The number of carbonyl (C=O) groups is 1. The lowest BCUT2D eigenvalue weighted by molar-refractivity contribution is -0.116. The molecule has 0 aliphatic heterocycles. The van der Waals surface area contributed by atoms with E-state index in [0.717, 1.165) is 32.1 Å². The average Bonchev–Trinajstić information content (AvgIpc) is 3.57. The Balaban J connectivity index is 1.68. The van der Waals surface area contributed by atoms with Crippen LogP contribution >= 0.6 is 22.9 Å². The van der Waals surface area contributed by atoms with Crippen molar-refractivity contribution in [2.24, 2.45) is 0 Å². The Bertz CT molecular complexity index is 1380. The number of thiophene rings is 1. The minimum absolute atomic E-state index is 0.0803. The molecule has 5 aromatic rings. The van der Waals surface area contributed by atoms with Crippen molar-refractivity contribution in [3.05, 3.63) is 95.6 Å². The molecule has 0 bridgehead atoms. The quantitative estimate of drug-likeness (QED) is 0.349. The van der Waals surface area contributed by atoms with Gasteiger partial charge in [-0.3, -0.25) is 14.9 Å². The number of ketones is 1. The third-order valence-electron chi connectivity index (χ3n) is 5.23. The molecule has 0 saturated carbocycles. The minimum Gasteiger partial charge on any atom is -0.326 e. The number of nitrogens with one attached hydrogen (secondary N) is 1. The minimum atomic E-state index is -0.145. The highest BCUT2D eigenvalue weighted by Gasteiger charge is 2.25. The second kappa shape index (κ2) is 9.09. The molecule has 4 aromatic heterocycles. The SMILES string of the molecule is CC(=O)Cc1cc(-c2cc(C(c3ccc(Cl)cc3)n3ccnc3)c(-c3ncn[nH]3)s2)ccn1. The van der Waals surface area contributed by atoms with Gasteiger partial charge in [0.05, 0.1) is 17.2 Å². The summed E-state index contributed by atoms with van der Waals surface area (Å²) in [4.78, 5) is 26.7. The fourth-order valence-electron chi connectivity index (χ4n) is 3.81. The zero-order valence-corrected chi connectivity index (χ0v) is 19.2. The van der Waals surface area contributed by atoms with Crippen molar-refractivity contribution >= 4 is 28.7 Å². The summed E-state index contributed by atoms with van der Waals surface area (Å²) in [6.45, 7) is 1.57. The van der Waals surface area contributed by atoms with Crippen LogP contribution in [0.15, 0.2) is 73.7 Å². The van der Waals surface area contributed by atoms with E-state index in [1.807, 2.05) is 42.6 Å². The van der Waals surface area contributed by atoms with Crippen LogP contribution in [-0.2, 0) is 11.2 Å². The molecule has 0 aliphatic rings. The largest absolute Gasteiger partial charge is 0.326 e. The molecule has 1 aromatic carbocycles. The Morgan fingerprint density at radius 3 is 2.70 bits per heavy atom. The maximum Gasteiger partial charge on any atom is 0.165 e. The van der Waals surface area contributed by atoms with Gasteiger partial charge in [-0.2, -0.15) is 5.10 Å². The molecule has 9 heteroatoms. The summed E-state index contributed by atoms with van der Waals surface area (Å²) in [6, 6.07) is 13.8.